The number of likely N-dealkylation sites (N-methyl/N-ethyl adjacent to an activating group) is 1. The number of urea groups is 1. The van der Waals surface area contributed by atoms with Crippen molar-refractivity contribution in [2.75, 3.05) is 27.2 Å². The summed E-state index contributed by atoms with van der Waals surface area (Å²) in [6, 6.07) is 0.0682. The quantitative estimate of drug-likeness (QED) is 0.771. The maximum atomic E-state index is 12.7. The first-order valence-corrected chi connectivity index (χ1v) is 7.95. The van der Waals surface area contributed by atoms with Gasteiger partial charge in [-0.25, -0.2) is 4.79 Å². The van der Waals surface area contributed by atoms with Crippen molar-refractivity contribution in [1.29, 1.82) is 0 Å². The minimum atomic E-state index is -0.596. The van der Waals surface area contributed by atoms with Gasteiger partial charge < -0.3 is 15.0 Å². The molecule has 3 fully saturated rings. The van der Waals surface area contributed by atoms with Crippen LogP contribution in [0.4, 0.5) is 4.79 Å². The second-order valence-electron chi connectivity index (χ2n) is 6.46. The van der Waals surface area contributed by atoms with Gasteiger partial charge in [0.25, 0.3) is 5.91 Å². The summed E-state index contributed by atoms with van der Waals surface area (Å²) in [5, 5.41) is 3.30. The fourth-order valence-electron chi connectivity index (χ4n) is 4.19. The van der Waals surface area contributed by atoms with Crippen LogP contribution < -0.4 is 5.32 Å². The minimum absolute atomic E-state index is 0.0112. The van der Waals surface area contributed by atoms with Crippen LogP contribution in [-0.4, -0.2) is 66.7 Å². The predicted molar refractivity (Wildman–Crippen MR) is 77.9 cm³/mol. The molecule has 1 saturated carbocycles. The Morgan fingerprint density at radius 3 is 2.33 bits per heavy atom. The fraction of sp³-hybridized carbons (Fsp3) is 0.867. The lowest BCUT2D eigenvalue weighted by Gasteiger charge is -2.44. The number of ether oxygens (including phenoxy) is 1. The standard InChI is InChI=1S/C15H25N3O3/c1-17-13(19)15(7-9-16-10-8-15)18(14(17)20)11-3-5-12(21-2)6-4-11/h11-12,16H,3-10H2,1-2H3. The molecule has 3 aliphatic rings. The fourth-order valence-corrected chi connectivity index (χ4v) is 4.19. The van der Waals surface area contributed by atoms with Gasteiger partial charge in [-0.15, -0.1) is 0 Å². The van der Waals surface area contributed by atoms with Crippen molar-refractivity contribution in [3.05, 3.63) is 0 Å². The lowest BCUT2D eigenvalue weighted by atomic mass is 9.83. The van der Waals surface area contributed by atoms with Crippen molar-refractivity contribution in [3.8, 4) is 0 Å². The number of piperidine rings is 1. The molecular weight excluding hydrogens is 270 g/mol. The number of methoxy groups -OCH3 is 1. The first kappa shape index (κ1) is 14.8. The SMILES string of the molecule is COC1CCC(N2C(=O)N(C)C(=O)C23CCNCC3)CC1. The number of rotatable bonds is 2. The van der Waals surface area contributed by atoms with Gasteiger partial charge in [0.05, 0.1) is 6.10 Å². The molecule has 1 N–H and O–H groups in total. The average Bonchev–Trinajstić information content (AvgIpc) is 2.70. The van der Waals surface area contributed by atoms with Crippen molar-refractivity contribution in [2.24, 2.45) is 0 Å². The van der Waals surface area contributed by atoms with Crippen LogP contribution in [0.1, 0.15) is 38.5 Å². The molecule has 2 saturated heterocycles. The van der Waals surface area contributed by atoms with Gasteiger partial charge >= 0.3 is 6.03 Å². The minimum Gasteiger partial charge on any atom is -0.381 e. The Labute approximate surface area is 125 Å². The van der Waals surface area contributed by atoms with Crippen LogP contribution in [0.5, 0.6) is 0 Å². The Hall–Kier alpha value is -1.14. The number of amides is 3. The van der Waals surface area contributed by atoms with Crippen molar-refractivity contribution < 1.29 is 14.3 Å². The van der Waals surface area contributed by atoms with Crippen LogP contribution >= 0.6 is 0 Å². The Morgan fingerprint density at radius 2 is 1.76 bits per heavy atom. The summed E-state index contributed by atoms with van der Waals surface area (Å²) in [6.07, 6.45) is 5.56. The number of nitrogens with one attached hydrogen (secondary N) is 1. The lowest BCUT2D eigenvalue weighted by Crippen LogP contribution is -2.59. The number of carbonyl (C=O) groups is 2. The number of carbonyl (C=O) groups excluding carboxylic acids is 2. The highest BCUT2D eigenvalue weighted by molar-refractivity contribution is 6.07. The smallest absolute Gasteiger partial charge is 0.327 e. The van der Waals surface area contributed by atoms with Crippen molar-refractivity contribution in [3.63, 3.8) is 0 Å². The third-order valence-electron chi connectivity index (χ3n) is 5.43. The summed E-state index contributed by atoms with van der Waals surface area (Å²) < 4.78 is 5.42. The second-order valence-corrected chi connectivity index (χ2v) is 6.46. The Bertz CT molecular complexity index is 426. The molecule has 2 heterocycles. The first-order chi connectivity index (χ1) is 10.1. The molecule has 0 atom stereocenters. The van der Waals surface area contributed by atoms with E-state index in [4.69, 9.17) is 4.74 Å². The van der Waals surface area contributed by atoms with Crippen LogP contribution in [0, 0.1) is 0 Å². The molecule has 3 rings (SSSR count). The van der Waals surface area contributed by atoms with Crippen LogP contribution in [0.15, 0.2) is 0 Å². The molecule has 118 valence electrons. The van der Waals surface area contributed by atoms with Crippen molar-refractivity contribution in [2.45, 2.75) is 56.2 Å². The van der Waals surface area contributed by atoms with E-state index in [0.717, 1.165) is 51.6 Å². The van der Waals surface area contributed by atoms with E-state index >= 15 is 0 Å². The molecule has 0 aromatic rings. The van der Waals surface area contributed by atoms with Gasteiger partial charge in [0.2, 0.25) is 0 Å². The molecule has 6 nitrogen and oxygen atoms in total. The van der Waals surface area contributed by atoms with Crippen LogP contribution in [0.25, 0.3) is 0 Å². The number of hydrogen-bond acceptors (Lipinski definition) is 4. The predicted octanol–water partition coefficient (Wildman–Crippen LogP) is 0.960. The largest absolute Gasteiger partial charge is 0.381 e. The Balaban J connectivity index is 1.84. The molecule has 0 bridgehead atoms. The third kappa shape index (κ3) is 2.25. The number of nitrogens with zero attached hydrogens (tertiary/aromatic N) is 2. The Morgan fingerprint density at radius 1 is 1.14 bits per heavy atom. The highest BCUT2D eigenvalue weighted by Gasteiger charge is 2.58. The summed E-state index contributed by atoms with van der Waals surface area (Å²) >= 11 is 0. The topological polar surface area (TPSA) is 61.9 Å². The summed E-state index contributed by atoms with van der Waals surface area (Å²) in [5.41, 5.74) is -0.596. The highest BCUT2D eigenvalue weighted by atomic mass is 16.5. The van der Waals surface area contributed by atoms with Crippen molar-refractivity contribution in [1.82, 2.24) is 15.1 Å². The molecule has 0 aromatic carbocycles. The lowest BCUT2D eigenvalue weighted by molar-refractivity contribution is -0.134. The summed E-state index contributed by atoms with van der Waals surface area (Å²) in [6.45, 7) is 1.60. The van der Waals surface area contributed by atoms with Gasteiger partial charge in [0.1, 0.15) is 5.54 Å². The molecule has 2 aliphatic heterocycles. The van der Waals surface area contributed by atoms with Gasteiger partial charge in [-0.05, 0) is 51.6 Å². The average molecular weight is 295 g/mol. The van der Waals surface area contributed by atoms with Gasteiger partial charge in [0.15, 0.2) is 0 Å². The molecule has 1 aliphatic carbocycles. The van der Waals surface area contributed by atoms with E-state index in [2.05, 4.69) is 5.32 Å². The molecule has 1 spiro atoms. The molecule has 0 aromatic heterocycles. The zero-order chi connectivity index (χ0) is 15.0. The second kappa shape index (κ2) is 5.57. The zero-order valence-electron chi connectivity index (χ0n) is 12.9. The van der Waals surface area contributed by atoms with Gasteiger partial charge in [-0.3, -0.25) is 9.69 Å². The molecular formula is C15H25N3O3. The summed E-state index contributed by atoms with van der Waals surface area (Å²) in [7, 11) is 3.37. The van der Waals surface area contributed by atoms with E-state index in [0.29, 0.717) is 6.10 Å². The van der Waals surface area contributed by atoms with Crippen LogP contribution in [0.3, 0.4) is 0 Å². The van der Waals surface area contributed by atoms with Gasteiger partial charge in [-0.2, -0.15) is 0 Å². The number of hydrogen-bond donors (Lipinski definition) is 1. The molecule has 0 radical (unpaired) electrons. The third-order valence-corrected chi connectivity index (χ3v) is 5.43. The van der Waals surface area contributed by atoms with Gasteiger partial charge in [-0.1, -0.05) is 0 Å². The molecule has 3 amide bonds. The van der Waals surface area contributed by atoms with E-state index in [1.807, 2.05) is 4.90 Å². The molecule has 21 heavy (non-hydrogen) atoms. The van der Waals surface area contributed by atoms with E-state index in [9.17, 15) is 9.59 Å². The normalized spacial score (nSPS) is 33.0. The number of imide groups is 1. The van der Waals surface area contributed by atoms with E-state index in [1.54, 1.807) is 14.2 Å². The molecule has 6 heteroatoms. The van der Waals surface area contributed by atoms with E-state index in [1.165, 1.54) is 4.90 Å². The highest BCUT2D eigenvalue weighted by Crippen LogP contribution is 2.40. The zero-order valence-corrected chi connectivity index (χ0v) is 12.9. The first-order valence-electron chi connectivity index (χ1n) is 7.95. The monoisotopic (exact) mass is 295 g/mol. The maximum absolute atomic E-state index is 12.7. The maximum Gasteiger partial charge on any atom is 0.327 e. The summed E-state index contributed by atoms with van der Waals surface area (Å²) in [4.78, 5) is 28.5. The van der Waals surface area contributed by atoms with E-state index in [-0.39, 0.29) is 18.0 Å². The van der Waals surface area contributed by atoms with Crippen LogP contribution in [0.2, 0.25) is 0 Å². The molecule has 0 unspecified atom stereocenters. The summed E-state index contributed by atoms with van der Waals surface area (Å²) in [5.74, 6) is -0.0112. The van der Waals surface area contributed by atoms with Crippen LogP contribution in [-0.2, 0) is 9.53 Å². The van der Waals surface area contributed by atoms with Crippen molar-refractivity contribution >= 4 is 11.9 Å². The van der Waals surface area contributed by atoms with Gasteiger partial charge in [0, 0.05) is 20.2 Å². The Kier molecular flexibility index (Phi) is 3.92. The van der Waals surface area contributed by atoms with E-state index < -0.39 is 5.54 Å².